The predicted octanol–water partition coefficient (Wildman–Crippen LogP) is 4.14. The van der Waals surface area contributed by atoms with Crippen LogP contribution in [0, 0.1) is 18.8 Å². The molecular formula is C27H19F3N6O2. The van der Waals surface area contributed by atoms with Gasteiger partial charge in [0.15, 0.2) is 5.65 Å². The van der Waals surface area contributed by atoms with Crippen LogP contribution >= 0.6 is 0 Å². The Morgan fingerprint density at radius 2 is 1.84 bits per heavy atom. The Hall–Kier alpha value is -4.98. The van der Waals surface area contributed by atoms with Crippen molar-refractivity contribution in [2.45, 2.75) is 26.1 Å². The number of alkyl halides is 3. The number of carbonyl (C=O) groups excluding carboxylic acids is 1. The highest BCUT2D eigenvalue weighted by Gasteiger charge is 2.25. The van der Waals surface area contributed by atoms with Crippen molar-refractivity contribution in [3.63, 3.8) is 0 Å². The zero-order valence-corrected chi connectivity index (χ0v) is 20.1. The van der Waals surface area contributed by atoms with Gasteiger partial charge in [0.2, 0.25) is 0 Å². The van der Waals surface area contributed by atoms with E-state index in [-0.39, 0.29) is 27.9 Å². The van der Waals surface area contributed by atoms with Gasteiger partial charge >= 0.3 is 6.18 Å². The minimum atomic E-state index is -4.72. The topological polar surface area (TPSA) is 94.2 Å². The maximum absolute atomic E-state index is 13.8. The zero-order chi connectivity index (χ0) is 27.0. The smallest absolute Gasteiger partial charge is 0.342 e. The van der Waals surface area contributed by atoms with E-state index in [4.69, 9.17) is 0 Å². The number of hydrogen-bond acceptors (Lipinski definition) is 5. The lowest BCUT2D eigenvalue weighted by Crippen LogP contribution is -2.33. The second-order valence-electron chi connectivity index (χ2n) is 8.44. The van der Waals surface area contributed by atoms with Crippen molar-refractivity contribution < 1.29 is 18.0 Å². The summed E-state index contributed by atoms with van der Waals surface area (Å²) in [5.74, 6) is 2.99. The summed E-state index contributed by atoms with van der Waals surface area (Å²) in [6.07, 6.45) is -1.50. The van der Waals surface area contributed by atoms with E-state index in [1.807, 2.05) is 0 Å². The van der Waals surface area contributed by atoms with E-state index in [2.05, 4.69) is 26.3 Å². The fourth-order valence-corrected chi connectivity index (χ4v) is 4.20. The molecule has 0 unspecified atom stereocenters. The van der Waals surface area contributed by atoms with Crippen LogP contribution in [0.1, 0.15) is 40.4 Å². The van der Waals surface area contributed by atoms with Crippen molar-refractivity contribution in [2.75, 3.05) is 0 Å². The zero-order valence-electron chi connectivity index (χ0n) is 20.1. The van der Waals surface area contributed by atoms with E-state index >= 15 is 0 Å². The molecule has 2 aromatic carbocycles. The van der Waals surface area contributed by atoms with Gasteiger partial charge in [0.25, 0.3) is 11.5 Å². The molecule has 1 atom stereocenters. The Labute approximate surface area is 213 Å². The Bertz CT molecular complexity index is 1810. The molecule has 0 saturated carbocycles. The van der Waals surface area contributed by atoms with Crippen LogP contribution in [-0.2, 0) is 0 Å². The van der Waals surface area contributed by atoms with E-state index in [9.17, 15) is 22.8 Å². The number of amides is 1. The van der Waals surface area contributed by atoms with Gasteiger partial charge in [-0.05, 0) is 44.2 Å². The highest BCUT2D eigenvalue weighted by Crippen LogP contribution is 2.22. The fourth-order valence-electron chi connectivity index (χ4n) is 4.20. The number of halogens is 3. The number of hydrogen-bond donors (Lipinski definition) is 1. The number of fused-ring (bicyclic) bond motifs is 2. The Kier molecular flexibility index (Phi) is 6.16. The van der Waals surface area contributed by atoms with Crippen LogP contribution in [0.5, 0.6) is 0 Å². The molecule has 3 heterocycles. The van der Waals surface area contributed by atoms with Crippen molar-refractivity contribution in [3.05, 3.63) is 100.0 Å². The summed E-state index contributed by atoms with van der Waals surface area (Å²) < 4.78 is 41.2. The molecule has 5 rings (SSSR count). The Morgan fingerprint density at radius 3 is 2.58 bits per heavy atom. The lowest BCUT2D eigenvalue weighted by Gasteiger charge is -2.20. The lowest BCUT2D eigenvalue weighted by atomic mass is 10.1. The minimum Gasteiger partial charge on any atom is -0.342 e. The van der Waals surface area contributed by atoms with Crippen LogP contribution in [0.3, 0.4) is 0 Å². The van der Waals surface area contributed by atoms with E-state index in [0.717, 1.165) is 0 Å². The maximum atomic E-state index is 13.8. The van der Waals surface area contributed by atoms with Crippen molar-refractivity contribution in [3.8, 4) is 17.5 Å². The van der Waals surface area contributed by atoms with E-state index in [1.54, 1.807) is 62.6 Å². The van der Waals surface area contributed by atoms with Crippen molar-refractivity contribution >= 4 is 22.5 Å². The molecule has 38 heavy (non-hydrogen) atoms. The van der Waals surface area contributed by atoms with Gasteiger partial charge in [-0.3, -0.25) is 14.2 Å². The molecular weight excluding hydrogens is 497 g/mol. The van der Waals surface area contributed by atoms with E-state index in [1.165, 1.54) is 33.2 Å². The number of rotatable bonds is 4. The number of nitrogens with one attached hydrogen (secondary N) is 1. The number of aromatic nitrogens is 5. The summed E-state index contributed by atoms with van der Waals surface area (Å²) in [6, 6.07) is 13.7. The number of benzene rings is 2. The molecule has 190 valence electrons. The first-order valence-corrected chi connectivity index (χ1v) is 11.5. The van der Waals surface area contributed by atoms with Crippen LogP contribution < -0.4 is 10.9 Å². The maximum Gasteiger partial charge on any atom is 0.458 e. The highest BCUT2D eigenvalue weighted by molar-refractivity contribution is 6.01. The first kappa shape index (κ1) is 24.7. The van der Waals surface area contributed by atoms with Crippen LogP contribution in [0.4, 0.5) is 13.2 Å². The van der Waals surface area contributed by atoms with Gasteiger partial charge in [0, 0.05) is 23.9 Å². The van der Waals surface area contributed by atoms with E-state index in [0.29, 0.717) is 17.0 Å². The van der Waals surface area contributed by atoms with Gasteiger partial charge in [0.05, 0.1) is 28.3 Å². The molecule has 3 aromatic heterocycles. The quantitative estimate of drug-likeness (QED) is 0.363. The molecule has 0 fully saturated rings. The predicted molar refractivity (Wildman–Crippen MR) is 134 cm³/mol. The minimum absolute atomic E-state index is 0.0574. The Balaban J connectivity index is 1.66. The first-order chi connectivity index (χ1) is 18.1. The third-order valence-corrected chi connectivity index (χ3v) is 5.81. The molecule has 0 bridgehead atoms. The van der Waals surface area contributed by atoms with Crippen LogP contribution in [0.15, 0.2) is 71.8 Å². The molecule has 1 amide bonds. The molecule has 0 radical (unpaired) electrons. The SMILES string of the molecule is Cc1nn2cccnc2c1C(=O)N[C@H](C)c1nc2cccc(C#CC(F)(F)F)c2c(=O)n1-c1ccccc1. The molecule has 0 aliphatic heterocycles. The van der Waals surface area contributed by atoms with Gasteiger partial charge in [-0.2, -0.15) is 18.3 Å². The number of nitrogens with zero attached hydrogens (tertiary/aromatic N) is 5. The monoisotopic (exact) mass is 516 g/mol. The van der Waals surface area contributed by atoms with E-state index < -0.39 is 23.7 Å². The summed E-state index contributed by atoms with van der Waals surface area (Å²) in [5, 5.41) is 7.11. The second kappa shape index (κ2) is 9.48. The Morgan fingerprint density at radius 1 is 1.08 bits per heavy atom. The van der Waals surface area contributed by atoms with Crippen molar-refractivity contribution in [2.24, 2.45) is 0 Å². The van der Waals surface area contributed by atoms with Crippen molar-refractivity contribution in [1.82, 2.24) is 29.5 Å². The summed E-state index contributed by atoms with van der Waals surface area (Å²) in [6.45, 7) is 3.35. The molecule has 0 spiro atoms. The molecule has 0 aliphatic rings. The lowest BCUT2D eigenvalue weighted by molar-refractivity contribution is -0.0696. The van der Waals surface area contributed by atoms with Gasteiger partial charge in [-0.15, -0.1) is 0 Å². The summed E-state index contributed by atoms with van der Waals surface area (Å²) in [4.78, 5) is 35.9. The van der Waals surface area contributed by atoms with Gasteiger partial charge < -0.3 is 5.32 Å². The largest absolute Gasteiger partial charge is 0.458 e. The molecule has 8 nitrogen and oxygen atoms in total. The molecule has 0 aliphatic carbocycles. The third-order valence-electron chi connectivity index (χ3n) is 5.81. The summed E-state index contributed by atoms with van der Waals surface area (Å²) in [7, 11) is 0. The normalized spacial score (nSPS) is 12.2. The molecule has 1 N–H and O–H groups in total. The van der Waals surface area contributed by atoms with Gasteiger partial charge in [0.1, 0.15) is 11.4 Å². The highest BCUT2D eigenvalue weighted by atomic mass is 19.4. The van der Waals surface area contributed by atoms with Crippen LogP contribution in [0.25, 0.3) is 22.2 Å². The molecule has 5 aromatic rings. The standard InChI is InChI=1S/C27H19F3N6O2/c1-16-21(24-31-14-7-15-35(24)34-16)25(37)32-17(2)23-33-20-11-6-8-18(12-13-27(28,29)30)22(20)26(38)36(23)19-9-4-3-5-10-19/h3-11,14-15,17H,1-2H3,(H,32,37)/t17-/m1/s1. The average molecular weight is 516 g/mol. The third kappa shape index (κ3) is 4.59. The molecule has 11 heteroatoms. The first-order valence-electron chi connectivity index (χ1n) is 11.5. The van der Waals surface area contributed by atoms with Gasteiger partial charge in [-0.25, -0.2) is 14.5 Å². The van der Waals surface area contributed by atoms with Crippen LogP contribution in [-0.4, -0.2) is 36.2 Å². The van der Waals surface area contributed by atoms with Crippen molar-refractivity contribution in [1.29, 1.82) is 0 Å². The second-order valence-corrected chi connectivity index (χ2v) is 8.44. The fraction of sp³-hybridized carbons (Fsp3) is 0.148. The number of carbonyl (C=O) groups is 1. The number of para-hydroxylation sites is 1. The number of aryl methyl sites for hydroxylation is 1. The summed E-state index contributed by atoms with van der Waals surface area (Å²) in [5.41, 5.74) is 0.979. The van der Waals surface area contributed by atoms with Crippen LogP contribution in [0.2, 0.25) is 0 Å². The summed E-state index contributed by atoms with van der Waals surface area (Å²) >= 11 is 0. The molecule has 0 saturated heterocycles. The van der Waals surface area contributed by atoms with Gasteiger partial charge in [-0.1, -0.05) is 30.2 Å². The average Bonchev–Trinajstić information content (AvgIpc) is 3.23.